The van der Waals surface area contributed by atoms with Crippen LogP contribution in [0.4, 0.5) is 13.2 Å². The first kappa shape index (κ1) is 18.2. The predicted octanol–water partition coefficient (Wildman–Crippen LogP) is 3.49. The highest BCUT2D eigenvalue weighted by molar-refractivity contribution is 7.12. The molecule has 1 spiro atoms. The average molecular weight is 363 g/mol. The number of hydrogen-bond acceptors (Lipinski definition) is 4. The fraction of sp³-hybridized carbons (Fsp3) is 0.765. The van der Waals surface area contributed by atoms with Gasteiger partial charge in [0.2, 0.25) is 0 Å². The number of aliphatic hydroxyl groups is 1. The zero-order valence-electron chi connectivity index (χ0n) is 13.9. The number of piperidine rings is 1. The van der Waals surface area contributed by atoms with E-state index < -0.39 is 18.7 Å². The summed E-state index contributed by atoms with van der Waals surface area (Å²) in [6, 6.07) is 2.26. The smallest absolute Gasteiger partial charge is 0.391 e. The quantitative estimate of drug-likeness (QED) is 0.889. The normalized spacial score (nSPS) is 22.5. The van der Waals surface area contributed by atoms with Gasteiger partial charge in [0.25, 0.3) is 0 Å². The van der Waals surface area contributed by atoms with E-state index in [1.807, 2.05) is 16.2 Å². The van der Waals surface area contributed by atoms with Crippen LogP contribution in [0.2, 0.25) is 0 Å². The molecule has 2 aliphatic rings. The Bertz CT molecular complexity index is 565. The van der Waals surface area contributed by atoms with Gasteiger partial charge in [-0.3, -0.25) is 0 Å². The third kappa shape index (κ3) is 3.95. The molecule has 1 aromatic heterocycles. The van der Waals surface area contributed by atoms with Crippen molar-refractivity contribution in [1.29, 1.82) is 0 Å². The minimum absolute atomic E-state index is 0.0757. The molecule has 136 valence electrons. The summed E-state index contributed by atoms with van der Waals surface area (Å²) in [7, 11) is 0. The number of halogens is 3. The first-order valence-corrected chi connectivity index (χ1v) is 9.36. The van der Waals surface area contributed by atoms with Gasteiger partial charge >= 0.3 is 6.18 Å². The number of fused-ring (bicyclic) bond motifs is 2. The van der Waals surface area contributed by atoms with Crippen LogP contribution in [0.1, 0.15) is 41.5 Å². The van der Waals surface area contributed by atoms with Crippen molar-refractivity contribution in [3.63, 3.8) is 0 Å². The van der Waals surface area contributed by atoms with Gasteiger partial charge in [-0.25, -0.2) is 0 Å². The summed E-state index contributed by atoms with van der Waals surface area (Å²) >= 11 is 1.86. The van der Waals surface area contributed by atoms with E-state index in [0.29, 0.717) is 19.7 Å². The summed E-state index contributed by atoms with van der Waals surface area (Å²) in [6.45, 7) is 4.26. The number of β-amino-alcohol motifs (C(OH)–C–C–N with tert-alkyl or cyclic N) is 1. The van der Waals surface area contributed by atoms with Crippen LogP contribution in [0.15, 0.2) is 6.07 Å². The molecule has 0 bridgehead atoms. The minimum atomic E-state index is -4.31. The number of likely N-dealkylation sites (tertiary alicyclic amines) is 1. The Morgan fingerprint density at radius 2 is 2.08 bits per heavy atom. The summed E-state index contributed by atoms with van der Waals surface area (Å²) in [5, 5.41) is 9.64. The monoisotopic (exact) mass is 363 g/mol. The fourth-order valence-electron chi connectivity index (χ4n) is 3.79. The topological polar surface area (TPSA) is 32.7 Å². The van der Waals surface area contributed by atoms with Gasteiger partial charge in [0, 0.05) is 35.8 Å². The first-order chi connectivity index (χ1) is 11.3. The van der Waals surface area contributed by atoms with E-state index in [1.54, 1.807) is 0 Å². The highest BCUT2D eigenvalue weighted by Crippen LogP contribution is 2.44. The van der Waals surface area contributed by atoms with E-state index in [1.165, 1.54) is 15.3 Å². The van der Waals surface area contributed by atoms with Crippen molar-refractivity contribution in [3.05, 3.63) is 21.4 Å². The number of hydrogen-bond donors (Lipinski definition) is 1. The lowest BCUT2D eigenvalue weighted by molar-refractivity contribution is -0.157. The number of rotatable bonds is 4. The number of thiophene rings is 1. The number of aliphatic hydroxyl groups excluding tert-OH is 1. The number of nitrogens with zero attached hydrogens (tertiary/aromatic N) is 1. The highest BCUT2D eigenvalue weighted by Gasteiger charge is 2.42. The van der Waals surface area contributed by atoms with Crippen molar-refractivity contribution in [2.75, 3.05) is 26.2 Å². The first-order valence-electron chi connectivity index (χ1n) is 8.54. The van der Waals surface area contributed by atoms with Crippen LogP contribution in [-0.2, 0) is 23.2 Å². The lowest BCUT2D eigenvalue weighted by Gasteiger charge is -2.44. The molecule has 1 fully saturated rings. The van der Waals surface area contributed by atoms with Gasteiger partial charge in [-0.05, 0) is 30.9 Å². The zero-order valence-corrected chi connectivity index (χ0v) is 14.7. The second-order valence-corrected chi connectivity index (χ2v) is 7.99. The van der Waals surface area contributed by atoms with Gasteiger partial charge in [0.05, 0.1) is 24.7 Å². The molecule has 1 N–H and O–H groups in total. The van der Waals surface area contributed by atoms with E-state index in [9.17, 15) is 18.3 Å². The van der Waals surface area contributed by atoms with Gasteiger partial charge in [-0.15, -0.1) is 11.3 Å². The Balaban J connectivity index is 1.62. The molecule has 0 aromatic carbocycles. The maximum Gasteiger partial charge on any atom is 0.391 e. The highest BCUT2D eigenvalue weighted by atomic mass is 32.1. The Kier molecular flexibility index (Phi) is 5.25. The molecule has 3 heterocycles. The minimum Gasteiger partial charge on any atom is -0.391 e. The molecule has 1 saturated heterocycles. The molecule has 3 nitrogen and oxygen atoms in total. The summed E-state index contributed by atoms with van der Waals surface area (Å²) in [5.41, 5.74) is 1.02. The average Bonchev–Trinajstić information content (AvgIpc) is 2.93. The summed E-state index contributed by atoms with van der Waals surface area (Å²) in [4.78, 5) is 4.70. The Morgan fingerprint density at radius 3 is 2.71 bits per heavy atom. The van der Waals surface area contributed by atoms with Crippen LogP contribution in [0.3, 0.4) is 0 Å². The molecular formula is C17H24F3NO2S. The number of ether oxygens (including phenoxy) is 1. The molecule has 24 heavy (non-hydrogen) atoms. The molecular weight excluding hydrogens is 339 g/mol. The molecule has 0 radical (unpaired) electrons. The van der Waals surface area contributed by atoms with Crippen molar-refractivity contribution in [1.82, 2.24) is 4.90 Å². The van der Waals surface area contributed by atoms with Crippen LogP contribution in [-0.4, -0.2) is 48.5 Å². The van der Waals surface area contributed by atoms with Crippen LogP contribution in [0.5, 0.6) is 0 Å². The molecule has 1 unspecified atom stereocenters. The van der Waals surface area contributed by atoms with Crippen LogP contribution in [0, 0.1) is 0 Å². The lowest BCUT2D eigenvalue weighted by Crippen LogP contribution is -2.48. The maximum absolute atomic E-state index is 12.3. The van der Waals surface area contributed by atoms with Gasteiger partial charge < -0.3 is 14.7 Å². The largest absolute Gasteiger partial charge is 0.391 e. The van der Waals surface area contributed by atoms with Crippen molar-refractivity contribution < 1.29 is 23.0 Å². The third-order valence-electron chi connectivity index (χ3n) is 5.01. The Morgan fingerprint density at radius 1 is 1.38 bits per heavy atom. The van der Waals surface area contributed by atoms with E-state index >= 15 is 0 Å². The van der Waals surface area contributed by atoms with Gasteiger partial charge in [0.15, 0.2) is 0 Å². The van der Waals surface area contributed by atoms with Crippen molar-refractivity contribution in [2.45, 2.75) is 56.9 Å². The van der Waals surface area contributed by atoms with Gasteiger partial charge in [-0.2, -0.15) is 13.2 Å². The van der Waals surface area contributed by atoms with E-state index in [4.69, 9.17) is 4.74 Å². The van der Waals surface area contributed by atoms with Crippen LogP contribution >= 0.6 is 11.3 Å². The summed E-state index contributed by atoms with van der Waals surface area (Å²) in [5.74, 6) is 0. The van der Waals surface area contributed by atoms with Crippen molar-refractivity contribution in [2.24, 2.45) is 0 Å². The number of alkyl halides is 3. The molecule has 1 atom stereocenters. The zero-order chi connectivity index (χ0) is 17.4. The molecule has 0 aliphatic carbocycles. The Labute approximate surface area is 144 Å². The lowest BCUT2D eigenvalue weighted by atomic mass is 9.82. The molecule has 3 rings (SSSR count). The molecule has 1 aromatic rings. The van der Waals surface area contributed by atoms with E-state index in [0.717, 1.165) is 25.7 Å². The Hall–Kier alpha value is -0.630. The van der Waals surface area contributed by atoms with Crippen LogP contribution < -0.4 is 0 Å². The molecule has 0 saturated carbocycles. The second kappa shape index (κ2) is 6.94. The fourth-order valence-corrected chi connectivity index (χ4v) is 4.96. The summed E-state index contributed by atoms with van der Waals surface area (Å²) in [6.07, 6.45) is -3.28. The number of aryl methyl sites for hydroxylation is 1. The van der Waals surface area contributed by atoms with Gasteiger partial charge in [0.1, 0.15) is 0 Å². The van der Waals surface area contributed by atoms with Crippen LogP contribution in [0.25, 0.3) is 0 Å². The van der Waals surface area contributed by atoms with Crippen molar-refractivity contribution in [3.8, 4) is 0 Å². The standard InChI is InChI=1S/C17H24F3NO2S/c1-2-13-9-14-15(24-13)3-8-23-16(14)4-6-21(7-5-16)11-12(22)10-17(18,19)20/h9,12,22H,2-8,10-11H2,1H3. The third-order valence-corrected chi connectivity index (χ3v) is 6.35. The molecule has 7 heteroatoms. The van der Waals surface area contributed by atoms with E-state index in [2.05, 4.69) is 13.0 Å². The van der Waals surface area contributed by atoms with E-state index in [-0.39, 0.29) is 12.1 Å². The maximum atomic E-state index is 12.3. The summed E-state index contributed by atoms with van der Waals surface area (Å²) < 4.78 is 43.2. The second-order valence-electron chi connectivity index (χ2n) is 6.77. The predicted molar refractivity (Wildman–Crippen MR) is 87.4 cm³/mol. The SMILES string of the molecule is CCc1cc2c(s1)CCOC21CCN(CC(O)CC(F)(F)F)CC1. The molecule has 0 amide bonds. The molecule has 2 aliphatic heterocycles. The van der Waals surface area contributed by atoms with Crippen molar-refractivity contribution >= 4 is 11.3 Å². The van der Waals surface area contributed by atoms with Gasteiger partial charge in [-0.1, -0.05) is 6.92 Å².